The number of carbonyl (C=O) groups is 2. The van der Waals surface area contributed by atoms with Gasteiger partial charge in [-0.2, -0.15) is 9.59 Å². The van der Waals surface area contributed by atoms with Gasteiger partial charge in [0.25, 0.3) is 0 Å². The molecule has 0 atom stereocenters. The molecule has 1 heterocycles. The van der Waals surface area contributed by atoms with Gasteiger partial charge in [-0.1, -0.05) is 0 Å². The maximum absolute atomic E-state index is 9.80. The first-order valence-corrected chi connectivity index (χ1v) is 2.39. The Morgan fingerprint density at radius 3 is 1.55 bits per heavy atom. The highest BCUT2D eigenvalue weighted by atomic mass is 16.8. The third kappa shape index (κ3) is 11.7. The molecule has 1 aliphatic rings. The largest absolute Gasteiger partial charge is 0.508 e. The number of rotatable bonds is 0. The lowest BCUT2D eigenvalue weighted by molar-refractivity contribution is -0.191. The zero-order chi connectivity index (χ0) is 9.11. The van der Waals surface area contributed by atoms with E-state index in [0.717, 1.165) is 0 Å². The van der Waals surface area contributed by atoms with Gasteiger partial charge in [0.15, 0.2) is 0 Å². The molecule has 11 heavy (non-hydrogen) atoms. The van der Waals surface area contributed by atoms with Gasteiger partial charge in [0.05, 0.1) is 0 Å². The summed E-state index contributed by atoms with van der Waals surface area (Å²) in [6.07, 6.45) is -0.296. The SMILES string of the molecule is C=O.O=C1OCCO1.O=C=O. The van der Waals surface area contributed by atoms with Crippen LogP contribution in [0.4, 0.5) is 4.79 Å². The second-order valence-corrected chi connectivity index (χ2v) is 1.03. The summed E-state index contributed by atoms with van der Waals surface area (Å²) in [6.45, 7) is 2.83. The van der Waals surface area contributed by atoms with Gasteiger partial charge in [0, 0.05) is 0 Å². The van der Waals surface area contributed by atoms with E-state index in [1.165, 1.54) is 0 Å². The Hall–Kier alpha value is -1.68. The van der Waals surface area contributed by atoms with E-state index in [4.69, 9.17) is 14.4 Å². The van der Waals surface area contributed by atoms with Crippen molar-refractivity contribution in [2.75, 3.05) is 13.2 Å². The van der Waals surface area contributed by atoms with Crippen LogP contribution in [0.5, 0.6) is 0 Å². The molecule has 0 aliphatic carbocycles. The molecule has 1 aliphatic heterocycles. The average Bonchev–Trinajstić information content (AvgIpc) is 2.46. The van der Waals surface area contributed by atoms with Crippen LogP contribution in [0.15, 0.2) is 0 Å². The van der Waals surface area contributed by atoms with Gasteiger partial charge in [-0.05, 0) is 0 Å². The van der Waals surface area contributed by atoms with Crippen molar-refractivity contribution in [1.29, 1.82) is 0 Å². The average molecular weight is 162 g/mol. The highest BCUT2D eigenvalue weighted by Gasteiger charge is 2.09. The van der Waals surface area contributed by atoms with Crippen LogP contribution in [0.2, 0.25) is 0 Å². The fraction of sp³-hybridized carbons (Fsp3) is 0.400. The minimum absolute atomic E-state index is 0.250. The van der Waals surface area contributed by atoms with Crippen molar-refractivity contribution in [2.24, 2.45) is 0 Å². The van der Waals surface area contributed by atoms with Crippen molar-refractivity contribution < 1.29 is 28.7 Å². The molecule has 6 heteroatoms. The van der Waals surface area contributed by atoms with E-state index < -0.39 is 6.16 Å². The molecule has 0 bridgehead atoms. The number of cyclic esters (lactones) is 2. The Labute approximate surface area is 62.1 Å². The molecule has 0 unspecified atom stereocenters. The van der Waals surface area contributed by atoms with Crippen molar-refractivity contribution >= 4 is 19.1 Å². The van der Waals surface area contributed by atoms with Crippen molar-refractivity contribution in [3.8, 4) is 0 Å². The van der Waals surface area contributed by atoms with Gasteiger partial charge in [-0.25, -0.2) is 4.79 Å². The van der Waals surface area contributed by atoms with Crippen molar-refractivity contribution in [2.45, 2.75) is 0 Å². The maximum Gasteiger partial charge on any atom is 0.508 e. The highest BCUT2D eigenvalue weighted by Crippen LogP contribution is 1.92. The Kier molecular flexibility index (Phi) is 12.2. The van der Waals surface area contributed by atoms with Gasteiger partial charge in [0.1, 0.15) is 20.0 Å². The van der Waals surface area contributed by atoms with Crippen LogP contribution in [-0.4, -0.2) is 32.3 Å². The molecule has 0 aromatic carbocycles. The molecule has 0 N–H and O–H groups in total. The molecule has 0 saturated carbocycles. The van der Waals surface area contributed by atoms with Crippen LogP contribution < -0.4 is 0 Å². The summed E-state index contributed by atoms with van der Waals surface area (Å²) in [5.41, 5.74) is 0. The fourth-order valence-electron chi connectivity index (χ4n) is 0.292. The van der Waals surface area contributed by atoms with Crippen molar-refractivity contribution in [1.82, 2.24) is 0 Å². The van der Waals surface area contributed by atoms with Crippen molar-refractivity contribution in [3.05, 3.63) is 0 Å². The minimum atomic E-state index is -0.546. The minimum Gasteiger partial charge on any atom is -0.431 e. The molecule has 0 aromatic heterocycles. The predicted octanol–water partition coefficient (Wildman–Crippen LogP) is -0.615. The molecule has 62 valence electrons. The summed E-state index contributed by atoms with van der Waals surface area (Å²) in [5.74, 6) is 0. The number of hydrogen-bond acceptors (Lipinski definition) is 6. The first-order chi connectivity index (χ1) is 5.31. The lowest BCUT2D eigenvalue weighted by Gasteiger charge is -1.78. The zero-order valence-electron chi connectivity index (χ0n) is 5.57. The molecule has 0 radical (unpaired) electrons. The van der Waals surface area contributed by atoms with Crippen LogP contribution in [-0.2, 0) is 23.9 Å². The quantitative estimate of drug-likeness (QED) is 0.441. The summed E-state index contributed by atoms with van der Waals surface area (Å²) >= 11 is 0. The molecule has 0 amide bonds. The van der Waals surface area contributed by atoms with E-state index >= 15 is 0 Å². The van der Waals surface area contributed by atoms with E-state index in [-0.39, 0.29) is 6.15 Å². The zero-order valence-corrected chi connectivity index (χ0v) is 5.57. The lowest BCUT2D eigenvalue weighted by Crippen LogP contribution is -1.88. The first-order valence-electron chi connectivity index (χ1n) is 2.39. The molecule has 1 saturated heterocycles. The topological polar surface area (TPSA) is 86.7 Å². The van der Waals surface area contributed by atoms with Crippen LogP contribution >= 0.6 is 0 Å². The Morgan fingerprint density at radius 2 is 1.45 bits per heavy atom. The van der Waals surface area contributed by atoms with Gasteiger partial charge in [-0.15, -0.1) is 0 Å². The standard InChI is InChI=1S/C3H4O3.CO2.CH2O/c4-3-5-1-2-6-3;2-1-3;1-2/h1-2H2;;1H2. The summed E-state index contributed by atoms with van der Waals surface area (Å²) in [7, 11) is 0. The van der Waals surface area contributed by atoms with Crippen LogP contribution in [0.25, 0.3) is 0 Å². The monoisotopic (exact) mass is 162 g/mol. The number of ether oxygens (including phenoxy) is 2. The maximum atomic E-state index is 9.80. The smallest absolute Gasteiger partial charge is 0.431 e. The first kappa shape index (κ1) is 12.0. The lowest BCUT2D eigenvalue weighted by atomic mass is 10.8. The van der Waals surface area contributed by atoms with E-state index in [1.807, 2.05) is 6.79 Å². The number of carbonyl (C=O) groups excluding carboxylic acids is 4. The molecular formula is C5H6O6. The molecule has 0 aromatic rings. The second kappa shape index (κ2) is 11.2. The highest BCUT2D eigenvalue weighted by molar-refractivity contribution is 5.61. The molecule has 1 fully saturated rings. The summed E-state index contributed by atoms with van der Waals surface area (Å²) in [6, 6.07) is 0. The third-order valence-electron chi connectivity index (χ3n) is 0.523. The van der Waals surface area contributed by atoms with Crippen LogP contribution in [0, 0.1) is 0 Å². The predicted molar refractivity (Wildman–Crippen MR) is 29.4 cm³/mol. The van der Waals surface area contributed by atoms with E-state index in [1.54, 1.807) is 0 Å². The van der Waals surface area contributed by atoms with E-state index in [2.05, 4.69) is 9.47 Å². The Bertz CT molecular complexity index is 128. The molecule has 0 spiro atoms. The van der Waals surface area contributed by atoms with Crippen LogP contribution in [0.3, 0.4) is 0 Å². The number of hydrogen-bond donors (Lipinski definition) is 0. The second-order valence-electron chi connectivity index (χ2n) is 1.03. The van der Waals surface area contributed by atoms with Crippen molar-refractivity contribution in [3.63, 3.8) is 0 Å². The normalized spacial score (nSPS) is 11.8. The molecule has 1 rings (SSSR count). The van der Waals surface area contributed by atoms with Gasteiger partial charge in [0.2, 0.25) is 0 Å². The van der Waals surface area contributed by atoms with E-state index in [0.29, 0.717) is 13.2 Å². The van der Waals surface area contributed by atoms with Gasteiger partial charge < -0.3 is 14.3 Å². The Morgan fingerprint density at radius 1 is 1.18 bits per heavy atom. The van der Waals surface area contributed by atoms with Gasteiger partial charge in [-0.3, -0.25) is 0 Å². The van der Waals surface area contributed by atoms with E-state index in [9.17, 15) is 4.79 Å². The summed E-state index contributed by atoms with van der Waals surface area (Å²) in [4.78, 5) is 34.0. The summed E-state index contributed by atoms with van der Waals surface area (Å²) < 4.78 is 8.58. The summed E-state index contributed by atoms with van der Waals surface area (Å²) in [5, 5.41) is 0. The third-order valence-corrected chi connectivity index (χ3v) is 0.523. The fourth-order valence-corrected chi connectivity index (χ4v) is 0.292. The molecule has 6 nitrogen and oxygen atoms in total. The van der Waals surface area contributed by atoms with Gasteiger partial charge >= 0.3 is 12.3 Å². The Balaban J connectivity index is 0. The van der Waals surface area contributed by atoms with Crippen LogP contribution in [0.1, 0.15) is 0 Å². The molecular weight excluding hydrogens is 156 g/mol.